The topological polar surface area (TPSA) is 114 Å². The molecule has 0 spiro atoms. The molecule has 1 N–H and O–H groups in total. The molecule has 1 aliphatic carbocycles. The van der Waals surface area contributed by atoms with Gasteiger partial charge in [-0.25, -0.2) is 12.8 Å². The summed E-state index contributed by atoms with van der Waals surface area (Å²) in [7, 11) is -0.0984. The third-order valence-corrected chi connectivity index (χ3v) is 10.8. The fourth-order valence-electron chi connectivity index (χ4n) is 6.31. The van der Waals surface area contributed by atoms with E-state index in [0.717, 1.165) is 54.1 Å². The van der Waals surface area contributed by atoms with Crippen molar-refractivity contribution in [2.24, 2.45) is 0 Å². The second kappa shape index (κ2) is 17.2. The summed E-state index contributed by atoms with van der Waals surface area (Å²) in [6.45, 7) is -0.701. The van der Waals surface area contributed by atoms with Crippen LogP contribution in [0.4, 0.5) is 10.1 Å². The Kier molecular flexibility index (Phi) is 12.5. The van der Waals surface area contributed by atoms with Crippen LogP contribution in [0.5, 0.6) is 17.2 Å². The lowest BCUT2D eigenvalue weighted by atomic mass is 9.94. The number of nitrogens with zero attached hydrogens (tertiary/aromatic N) is 2. The standard InChI is InChI=1S/C39H44FN3O7S/c1-48-33-16-10-13-29(23-33)26-42(35(24-28-11-6-4-7-12-28)39(45)41-31-14-8-5-9-15-31)38(44)27-43(32-19-17-30(40)18-20-32)51(46,47)34-21-22-36(49-2)37(25-34)50-3/h4,6-7,10-13,16-23,25,31,35H,5,8-9,14-15,24,26-27H2,1-3H3,(H,41,45)/t35-/m0/s1. The van der Waals surface area contributed by atoms with Gasteiger partial charge < -0.3 is 24.4 Å². The van der Waals surface area contributed by atoms with Gasteiger partial charge in [-0.1, -0.05) is 61.7 Å². The number of ether oxygens (including phenoxy) is 3. The molecule has 1 fully saturated rings. The number of hydrogen-bond acceptors (Lipinski definition) is 7. The quantitative estimate of drug-likeness (QED) is 0.157. The minimum atomic E-state index is -4.46. The van der Waals surface area contributed by atoms with Crippen molar-refractivity contribution in [3.05, 3.63) is 114 Å². The lowest BCUT2D eigenvalue weighted by Crippen LogP contribution is -2.55. The average Bonchev–Trinajstić information content (AvgIpc) is 3.16. The second-order valence-electron chi connectivity index (χ2n) is 12.4. The molecule has 0 unspecified atom stereocenters. The number of carbonyl (C=O) groups is 2. The third kappa shape index (κ3) is 9.37. The van der Waals surface area contributed by atoms with Gasteiger partial charge in [0, 0.05) is 25.1 Å². The largest absolute Gasteiger partial charge is 0.497 e. The van der Waals surface area contributed by atoms with E-state index in [9.17, 15) is 22.4 Å². The van der Waals surface area contributed by atoms with Crippen LogP contribution in [0, 0.1) is 5.82 Å². The molecular weight excluding hydrogens is 674 g/mol. The summed E-state index contributed by atoms with van der Waals surface area (Å²) >= 11 is 0. The van der Waals surface area contributed by atoms with Gasteiger partial charge in [0.25, 0.3) is 10.0 Å². The minimum absolute atomic E-state index is 0.0146. The Hall–Kier alpha value is -5.10. The SMILES string of the molecule is COc1cccc(CN(C(=O)CN(c2ccc(F)cc2)S(=O)(=O)c2ccc(OC)c(OC)c2)[C@@H](Cc2ccccc2)C(=O)NC2CCCCC2)c1. The zero-order chi connectivity index (χ0) is 36.4. The molecule has 4 aromatic rings. The minimum Gasteiger partial charge on any atom is -0.497 e. The molecule has 10 nitrogen and oxygen atoms in total. The molecule has 1 atom stereocenters. The van der Waals surface area contributed by atoms with Crippen molar-refractivity contribution >= 4 is 27.5 Å². The molecular formula is C39H44FN3O7S. The molecule has 12 heteroatoms. The van der Waals surface area contributed by atoms with Crippen molar-refractivity contribution in [2.75, 3.05) is 32.2 Å². The number of benzene rings is 4. The van der Waals surface area contributed by atoms with Crippen LogP contribution in [0.15, 0.2) is 102 Å². The first-order valence-corrected chi connectivity index (χ1v) is 18.3. The van der Waals surface area contributed by atoms with E-state index in [1.54, 1.807) is 18.2 Å². The van der Waals surface area contributed by atoms with E-state index in [1.165, 1.54) is 56.6 Å². The first kappa shape index (κ1) is 37.2. The maximum Gasteiger partial charge on any atom is 0.264 e. The van der Waals surface area contributed by atoms with E-state index in [4.69, 9.17) is 14.2 Å². The molecule has 4 aromatic carbocycles. The average molecular weight is 718 g/mol. The van der Waals surface area contributed by atoms with Crippen LogP contribution < -0.4 is 23.8 Å². The summed E-state index contributed by atoms with van der Waals surface area (Å²) in [5.74, 6) is -0.474. The van der Waals surface area contributed by atoms with Gasteiger partial charge in [-0.3, -0.25) is 13.9 Å². The number of rotatable bonds is 15. The highest BCUT2D eigenvalue weighted by atomic mass is 32.2. The molecule has 1 saturated carbocycles. The Morgan fingerprint density at radius 3 is 2.16 bits per heavy atom. The fraction of sp³-hybridized carbons (Fsp3) is 0.333. The molecule has 0 saturated heterocycles. The molecule has 0 heterocycles. The van der Waals surface area contributed by atoms with Crippen LogP contribution in [-0.4, -0.2) is 65.1 Å². The van der Waals surface area contributed by atoms with Gasteiger partial charge in [-0.05, 0) is 72.5 Å². The van der Waals surface area contributed by atoms with E-state index in [2.05, 4.69) is 5.32 Å². The van der Waals surface area contributed by atoms with Crippen molar-refractivity contribution in [2.45, 2.75) is 62.0 Å². The van der Waals surface area contributed by atoms with Gasteiger partial charge in [0.2, 0.25) is 11.8 Å². The lowest BCUT2D eigenvalue weighted by molar-refractivity contribution is -0.140. The summed E-state index contributed by atoms with van der Waals surface area (Å²) in [5.41, 5.74) is 1.58. The molecule has 0 bridgehead atoms. The number of methoxy groups -OCH3 is 3. The molecule has 51 heavy (non-hydrogen) atoms. The Bertz CT molecular complexity index is 1880. The second-order valence-corrected chi connectivity index (χ2v) is 14.3. The number of anilines is 1. The van der Waals surface area contributed by atoms with Crippen LogP contribution in [-0.2, 0) is 32.6 Å². The summed E-state index contributed by atoms with van der Waals surface area (Å²) in [6, 6.07) is 24.5. The number of hydrogen-bond donors (Lipinski definition) is 1. The van der Waals surface area contributed by atoms with Crippen LogP contribution in [0.25, 0.3) is 0 Å². The van der Waals surface area contributed by atoms with E-state index in [-0.39, 0.29) is 41.2 Å². The molecule has 5 rings (SSSR count). The number of amides is 2. The van der Waals surface area contributed by atoms with Crippen molar-refractivity contribution in [1.82, 2.24) is 10.2 Å². The van der Waals surface area contributed by atoms with E-state index in [1.807, 2.05) is 36.4 Å². The highest BCUT2D eigenvalue weighted by Crippen LogP contribution is 2.33. The smallest absolute Gasteiger partial charge is 0.264 e. The number of carbonyl (C=O) groups excluding carboxylic acids is 2. The van der Waals surface area contributed by atoms with Crippen molar-refractivity contribution < 1.29 is 36.6 Å². The van der Waals surface area contributed by atoms with Gasteiger partial charge in [0.15, 0.2) is 11.5 Å². The number of sulfonamides is 1. The summed E-state index contributed by atoms with van der Waals surface area (Å²) < 4.78 is 60.0. The van der Waals surface area contributed by atoms with Gasteiger partial charge in [-0.2, -0.15) is 0 Å². The van der Waals surface area contributed by atoms with E-state index < -0.39 is 34.3 Å². The van der Waals surface area contributed by atoms with Gasteiger partial charge >= 0.3 is 0 Å². The van der Waals surface area contributed by atoms with Gasteiger partial charge in [0.1, 0.15) is 24.2 Å². The summed E-state index contributed by atoms with van der Waals surface area (Å²) in [4.78, 5) is 30.3. The summed E-state index contributed by atoms with van der Waals surface area (Å²) in [5, 5.41) is 3.20. The first-order chi connectivity index (χ1) is 24.6. The normalized spacial score (nSPS) is 13.9. The predicted octanol–water partition coefficient (Wildman–Crippen LogP) is 6.14. The number of nitrogens with one attached hydrogen (secondary N) is 1. The van der Waals surface area contributed by atoms with Crippen LogP contribution >= 0.6 is 0 Å². The zero-order valence-electron chi connectivity index (χ0n) is 29.1. The lowest BCUT2D eigenvalue weighted by Gasteiger charge is -2.35. The molecule has 0 aromatic heterocycles. The fourth-order valence-corrected chi connectivity index (χ4v) is 7.74. The van der Waals surface area contributed by atoms with E-state index in [0.29, 0.717) is 17.1 Å². The van der Waals surface area contributed by atoms with Gasteiger partial charge in [0.05, 0.1) is 31.9 Å². The van der Waals surface area contributed by atoms with Crippen molar-refractivity contribution in [1.29, 1.82) is 0 Å². The van der Waals surface area contributed by atoms with Crippen LogP contribution in [0.3, 0.4) is 0 Å². The predicted molar refractivity (Wildman–Crippen MR) is 193 cm³/mol. The Balaban J connectivity index is 1.59. The molecule has 1 aliphatic rings. The first-order valence-electron chi connectivity index (χ1n) is 16.9. The Labute approximate surface area is 299 Å². The van der Waals surface area contributed by atoms with E-state index >= 15 is 0 Å². The molecule has 0 radical (unpaired) electrons. The monoisotopic (exact) mass is 717 g/mol. The van der Waals surface area contributed by atoms with Crippen LogP contribution in [0.2, 0.25) is 0 Å². The zero-order valence-corrected chi connectivity index (χ0v) is 29.9. The van der Waals surface area contributed by atoms with Crippen molar-refractivity contribution in [3.8, 4) is 17.2 Å². The highest BCUT2D eigenvalue weighted by Gasteiger charge is 2.36. The molecule has 270 valence electrons. The Morgan fingerprint density at radius 2 is 1.49 bits per heavy atom. The Morgan fingerprint density at radius 1 is 0.804 bits per heavy atom. The molecule has 2 amide bonds. The summed E-state index contributed by atoms with van der Waals surface area (Å²) in [6.07, 6.45) is 4.98. The van der Waals surface area contributed by atoms with Crippen molar-refractivity contribution in [3.63, 3.8) is 0 Å². The highest BCUT2D eigenvalue weighted by molar-refractivity contribution is 7.92. The molecule has 0 aliphatic heterocycles. The van der Waals surface area contributed by atoms with Gasteiger partial charge in [-0.15, -0.1) is 0 Å². The maximum atomic E-state index is 14.8. The van der Waals surface area contributed by atoms with Crippen LogP contribution in [0.1, 0.15) is 43.2 Å². The third-order valence-electron chi connectivity index (χ3n) is 9.05. The maximum absolute atomic E-state index is 14.8. The number of halogens is 1.